The molecule has 1 rings (SSSR count). The van der Waals surface area contributed by atoms with Crippen LogP contribution in [0.25, 0.3) is 0 Å². The van der Waals surface area contributed by atoms with Crippen LogP contribution in [-0.4, -0.2) is 24.8 Å². The lowest BCUT2D eigenvalue weighted by Crippen LogP contribution is -2.27. The number of hydrogen-bond donors (Lipinski definition) is 2. The minimum atomic E-state index is -0.536. The molecule has 0 aliphatic heterocycles. The lowest BCUT2D eigenvalue weighted by Gasteiger charge is -2.21. The van der Waals surface area contributed by atoms with Crippen LogP contribution in [0.2, 0.25) is 0 Å². The summed E-state index contributed by atoms with van der Waals surface area (Å²) in [4.78, 5) is 11.8. The maximum absolute atomic E-state index is 11.8. The van der Waals surface area contributed by atoms with Crippen molar-refractivity contribution in [2.45, 2.75) is 53.2 Å². The van der Waals surface area contributed by atoms with Gasteiger partial charge in [-0.1, -0.05) is 13.8 Å². The standard InChI is InChI=1S/C17H28N2O3/c1-11(2)12(3)18-13-8-9-14(15(10-13)21-7)19-16(20)22-17(4,5)6/h8-12,18H,1-7H3,(H,19,20). The van der Waals surface area contributed by atoms with E-state index in [9.17, 15) is 4.79 Å². The van der Waals surface area contributed by atoms with Crippen LogP contribution in [0, 0.1) is 5.92 Å². The molecule has 0 heterocycles. The van der Waals surface area contributed by atoms with E-state index in [4.69, 9.17) is 9.47 Å². The molecule has 1 aromatic rings. The zero-order valence-corrected chi connectivity index (χ0v) is 14.6. The zero-order chi connectivity index (χ0) is 16.9. The third-order valence-corrected chi connectivity index (χ3v) is 3.23. The van der Waals surface area contributed by atoms with Gasteiger partial charge in [-0.15, -0.1) is 0 Å². The molecule has 0 aliphatic carbocycles. The summed E-state index contributed by atoms with van der Waals surface area (Å²) in [5, 5.41) is 6.12. The van der Waals surface area contributed by atoms with Crippen molar-refractivity contribution in [2.75, 3.05) is 17.7 Å². The van der Waals surface area contributed by atoms with Crippen LogP contribution in [0.4, 0.5) is 16.2 Å². The van der Waals surface area contributed by atoms with Crippen LogP contribution in [0.15, 0.2) is 18.2 Å². The summed E-state index contributed by atoms with van der Waals surface area (Å²) in [5.74, 6) is 1.11. The number of methoxy groups -OCH3 is 1. The van der Waals surface area contributed by atoms with Crippen molar-refractivity contribution in [3.8, 4) is 5.75 Å². The summed E-state index contributed by atoms with van der Waals surface area (Å²) in [6.45, 7) is 11.9. The van der Waals surface area contributed by atoms with Crippen molar-refractivity contribution in [1.29, 1.82) is 0 Å². The van der Waals surface area contributed by atoms with Crippen molar-refractivity contribution in [3.05, 3.63) is 18.2 Å². The van der Waals surface area contributed by atoms with Crippen LogP contribution in [-0.2, 0) is 4.74 Å². The Morgan fingerprint density at radius 1 is 1.18 bits per heavy atom. The summed E-state index contributed by atoms with van der Waals surface area (Å²) >= 11 is 0. The van der Waals surface area contributed by atoms with Gasteiger partial charge in [-0.25, -0.2) is 4.79 Å². The second-order valence-corrected chi connectivity index (χ2v) is 6.72. The maximum Gasteiger partial charge on any atom is 0.412 e. The van der Waals surface area contributed by atoms with E-state index in [1.54, 1.807) is 13.2 Å². The topological polar surface area (TPSA) is 59.6 Å². The molecule has 2 N–H and O–H groups in total. The normalized spacial score (nSPS) is 12.7. The molecule has 0 bridgehead atoms. The van der Waals surface area contributed by atoms with Gasteiger partial charge in [-0.3, -0.25) is 5.32 Å². The third kappa shape index (κ3) is 5.84. The summed E-state index contributed by atoms with van der Waals surface area (Å²) in [6, 6.07) is 5.92. The van der Waals surface area contributed by atoms with Gasteiger partial charge < -0.3 is 14.8 Å². The highest BCUT2D eigenvalue weighted by molar-refractivity contribution is 5.87. The van der Waals surface area contributed by atoms with E-state index in [1.807, 2.05) is 32.9 Å². The first-order chi connectivity index (χ1) is 10.1. The number of rotatable bonds is 5. The highest BCUT2D eigenvalue weighted by Gasteiger charge is 2.18. The Kier molecular flexibility index (Phi) is 6.09. The highest BCUT2D eigenvalue weighted by atomic mass is 16.6. The SMILES string of the molecule is COc1cc(NC(C)C(C)C)ccc1NC(=O)OC(C)(C)C. The van der Waals surface area contributed by atoms with Gasteiger partial charge in [0.1, 0.15) is 11.4 Å². The molecule has 0 radical (unpaired) electrons. The van der Waals surface area contributed by atoms with Crippen molar-refractivity contribution < 1.29 is 14.3 Å². The molecule has 22 heavy (non-hydrogen) atoms. The van der Waals surface area contributed by atoms with Gasteiger partial charge in [0.05, 0.1) is 12.8 Å². The van der Waals surface area contributed by atoms with Gasteiger partial charge >= 0.3 is 6.09 Å². The van der Waals surface area contributed by atoms with Crippen molar-refractivity contribution in [3.63, 3.8) is 0 Å². The Balaban J connectivity index is 2.83. The fourth-order valence-corrected chi connectivity index (χ4v) is 1.73. The van der Waals surface area contributed by atoms with E-state index >= 15 is 0 Å². The van der Waals surface area contributed by atoms with E-state index < -0.39 is 11.7 Å². The number of benzene rings is 1. The smallest absolute Gasteiger partial charge is 0.412 e. The molecule has 0 aromatic heterocycles. The Bertz CT molecular complexity index is 507. The Morgan fingerprint density at radius 3 is 2.32 bits per heavy atom. The molecule has 1 atom stereocenters. The fourth-order valence-electron chi connectivity index (χ4n) is 1.73. The summed E-state index contributed by atoms with van der Waals surface area (Å²) in [5.41, 5.74) is 0.998. The Labute approximate surface area is 133 Å². The second kappa shape index (κ2) is 7.38. The van der Waals surface area contributed by atoms with E-state index in [1.165, 1.54) is 0 Å². The minimum Gasteiger partial charge on any atom is -0.494 e. The van der Waals surface area contributed by atoms with Crippen molar-refractivity contribution >= 4 is 17.5 Å². The number of amides is 1. The van der Waals surface area contributed by atoms with Crippen LogP contribution in [0.3, 0.4) is 0 Å². The molecule has 0 aliphatic rings. The monoisotopic (exact) mass is 308 g/mol. The predicted octanol–water partition coefficient (Wildman–Crippen LogP) is 4.50. The molecule has 0 spiro atoms. The summed E-state index contributed by atoms with van der Waals surface area (Å²) in [6.07, 6.45) is -0.498. The molecule has 1 amide bonds. The lowest BCUT2D eigenvalue weighted by molar-refractivity contribution is 0.0635. The maximum atomic E-state index is 11.8. The molecule has 0 saturated heterocycles. The minimum absolute atomic E-state index is 0.342. The van der Waals surface area contributed by atoms with Crippen molar-refractivity contribution in [2.24, 2.45) is 5.92 Å². The van der Waals surface area contributed by atoms with Gasteiger partial charge in [0.2, 0.25) is 0 Å². The predicted molar refractivity (Wildman–Crippen MR) is 90.8 cm³/mol. The molecule has 5 nitrogen and oxygen atoms in total. The lowest BCUT2D eigenvalue weighted by atomic mass is 10.1. The average Bonchev–Trinajstić information content (AvgIpc) is 2.38. The van der Waals surface area contributed by atoms with Gasteiger partial charge in [-0.05, 0) is 45.7 Å². The summed E-state index contributed by atoms with van der Waals surface area (Å²) in [7, 11) is 1.57. The Hall–Kier alpha value is -1.91. The molecule has 5 heteroatoms. The quantitative estimate of drug-likeness (QED) is 0.841. The Morgan fingerprint density at radius 2 is 1.82 bits per heavy atom. The van der Waals surface area contributed by atoms with E-state index in [2.05, 4.69) is 31.4 Å². The van der Waals surface area contributed by atoms with Gasteiger partial charge in [-0.2, -0.15) is 0 Å². The summed E-state index contributed by atoms with van der Waals surface area (Å²) < 4.78 is 10.6. The first-order valence-electron chi connectivity index (χ1n) is 7.57. The van der Waals surface area contributed by atoms with Gasteiger partial charge in [0, 0.05) is 17.8 Å². The highest BCUT2D eigenvalue weighted by Crippen LogP contribution is 2.29. The number of hydrogen-bond acceptors (Lipinski definition) is 4. The number of anilines is 2. The molecule has 1 unspecified atom stereocenters. The van der Waals surface area contributed by atoms with Gasteiger partial charge in [0.25, 0.3) is 0 Å². The first kappa shape index (κ1) is 18.1. The number of carbonyl (C=O) groups is 1. The largest absolute Gasteiger partial charge is 0.494 e. The molecular weight excluding hydrogens is 280 g/mol. The van der Waals surface area contributed by atoms with Gasteiger partial charge in [0.15, 0.2) is 0 Å². The number of ether oxygens (including phenoxy) is 2. The molecule has 0 saturated carbocycles. The van der Waals surface area contributed by atoms with Crippen LogP contribution in [0.1, 0.15) is 41.5 Å². The molecule has 1 aromatic carbocycles. The molecule has 0 fully saturated rings. The zero-order valence-electron chi connectivity index (χ0n) is 14.6. The van der Waals surface area contributed by atoms with Crippen LogP contribution in [0.5, 0.6) is 5.75 Å². The van der Waals surface area contributed by atoms with Crippen molar-refractivity contribution in [1.82, 2.24) is 0 Å². The molecule has 124 valence electrons. The third-order valence-electron chi connectivity index (χ3n) is 3.23. The average molecular weight is 308 g/mol. The molecular formula is C17H28N2O3. The number of nitrogens with one attached hydrogen (secondary N) is 2. The van der Waals surface area contributed by atoms with Crippen LogP contribution < -0.4 is 15.4 Å². The van der Waals surface area contributed by atoms with E-state index in [-0.39, 0.29) is 0 Å². The van der Waals surface area contributed by atoms with E-state index in [0.29, 0.717) is 23.4 Å². The first-order valence-corrected chi connectivity index (χ1v) is 7.57. The second-order valence-electron chi connectivity index (χ2n) is 6.72. The number of carbonyl (C=O) groups excluding carboxylic acids is 1. The fraction of sp³-hybridized carbons (Fsp3) is 0.588. The van der Waals surface area contributed by atoms with E-state index in [0.717, 1.165) is 5.69 Å². The van der Waals surface area contributed by atoms with Crippen LogP contribution >= 0.6 is 0 Å².